The molecule has 0 spiro atoms. The van der Waals surface area contributed by atoms with Crippen LogP contribution in [-0.2, 0) is 0 Å². The topological polar surface area (TPSA) is 24.8 Å². The van der Waals surface area contributed by atoms with E-state index < -0.39 is 0 Å². The van der Waals surface area contributed by atoms with Gasteiger partial charge in [0, 0.05) is 19.7 Å². The molecule has 0 heterocycles. The molecule has 3 heteroatoms. The molecule has 0 aromatic heterocycles. The van der Waals surface area contributed by atoms with Crippen molar-refractivity contribution in [2.75, 3.05) is 21.2 Å². The first-order valence-electron chi connectivity index (χ1n) is 6.56. The average molecular weight is 268 g/mol. The Bertz CT molecular complexity index is 601. The molecule has 104 valence electrons. The molecule has 3 nitrogen and oxygen atoms in total. The van der Waals surface area contributed by atoms with Gasteiger partial charge in [-0.2, -0.15) is 5.10 Å². The standard InChI is InChI=1S/C17H20N2O/c1-13-5-7-14(8-6-13)17-10-9-16(20-4)11-15(17)12-18-19(2)3/h5-12H,1-4H3/b18-12+. The van der Waals surface area contributed by atoms with Gasteiger partial charge in [-0.1, -0.05) is 35.9 Å². The van der Waals surface area contributed by atoms with E-state index in [1.54, 1.807) is 12.1 Å². The van der Waals surface area contributed by atoms with Crippen LogP contribution in [0.3, 0.4) is 0 Å². The van der Waals surface area contributed by atoms with Crippen LogP contribution in [0.1, 0.15) is 11.1 Å². The van der Waals surface area contributed by atoms with Crippen LogP contribution in [0.15, 0.2) is 47.6 Å². The molecule has 0 aliphatic rings. The Morgan fingerprint density at radius 3 is 2.35 bits per heavy atom. The summed E-state index contributed by atoms with van der Waals surface area (Å²) in [6.07, 6.45) is 1.86. The van der Waals surface area contributed by atoms with Crippen LogP contribution in [0, 0.1) is 6.92 Å². The number of benzene rings is 2. The lowest BCUT2D eigenvalue weighted by Gasteiger charge is -2.10. The predicted octanol–water partition coefficient (Wildman–Crippen LogP) is 3.57. The number of rotatable bonds is 4. The maximum absolute atomic E-state index is 5.30. The quantitative estimate of drug-likeness (QED) is 0.625. The molecular formula is C17H20N2O. The Hall–Kier alpha value is -2.29. The van der Waals surface area contributed by atoms with Gasteiger partial charge in [0.1, 0.15) is 5.75 Å². The lowest BCUT2D eigenvalue weighted by atomic mass is 9.99. The van der Waals surface area contributed by atoms with E-state index in [9.17, 15) is 0 Å². The van der Waals surface area contributed by atoms with Crippen LogP contribution < -0.4 is 4.74 Å². The third-order valence-electron chi connectivity index (χ3n) is 3.05. The van der Waals surface area contributed by atoms with Gasteiger partial charge < -0.3 is 9.75 Å². The highest BCUT2D eigenvalue weighted by atomic mass is 16.5. The van der Waals surface area contributed by atoms with Crippen molar-refractivity contribution in [1.29, 1.82) is 0 Å². The van der Waals surface area contributed by atoms with Crippen LogP contribution >= 0.6 is 0 Å². The van der Waals surface area contributed by atoms with Gasteiger partial charge in [0.15, 0.2) is 0 Å². The fraction of sp³-hybridized carbons (Fsp3) is 0.235. The van der Waals surface area contributed by atoms with Crippen molar-refractivity contribution in [3.8, 4) is 16.9 Å². The molecule has 2 aromatic carbocycles. The highest BCUT2D eigenvalue weighted by molar-refractivity contribution is 5.91. The van der Waals surface area contributed by atoms with E-state index >= 15 is 0 Å². The molecule has 0 atom stereocenters. The van der Waals surface area contributed by atoms with Gasteiger partial charge in [-0.3, -0.25) is 0 Å². The van der Waals surface area contributed by atoms with Gasteiger partial charge in [-0.05, 0) is 30.2 Å². The fourth-order valence-corrected chi connectivity index (χ4v) is 1.95. The third kappa shape index (κ3) is 3.38. The van der Waals surface area contributed by atoms with E-state index in [1.165, 1.54) is 11.1 Å². The zero-order valence-electron chi connectivity index (χ0n) is 12.4. The molecule has 0 saturated carbocycles. The minimum atomic E-state index is 0.834. The maximum atomic E-state index is 5.30. The summed E-state index contributed by atoms with van der Waals surface area (Å²) in [5.74, 6) is 0.834. The molecule has 0 aliphatic heterocycles. The van der Waals surface area contributed by atoms with E-state index in [1.807, 2.05) is 32.4 Å². The first-order chi connectivity index (χ1) is 9.60. The van der Waals surface area contributed by atoms with Gasteiger partial charge in [-0.25, -0.2) is 0 Å². The Morgan fingerprint density at radius 1 is 1.05 bits per heavy atom. The Balaban J connectivity index is 2.48. The smallest absolute Gasteiger partial charge is 0.119 e. The van der Waals surface area contributed by atoms with Gasteiger partial charge >= 0.3 is 0 Å². The largest absolute Gasteiger partial charge is 0.497 e. The van der Waals surface area contributed by atoms with Crippen molar-refractivity contribution >= 4 is 6.21 Å². The summed E-state index contributed by atoms with van der Waals surface area (Å²) >= 11 is 0. The summed E-state index contributed by atoms with van der Waals surface area (Å²) < 4.78 is 5.30. The minimum absolute atomic E-state index is 0.834. The van der Waals surface area contributed by atoms with E-state index in [0.717, 1.165) is 16.9 Å². The van der Waals surface area contributed by atoms with Gasteiger partial charge in [0.05, 0.1) is 13.3 Å². The van der Waals surface area contributed by atoms with Crippen LogP contribution in [-0.4, -0.2) is 32.4 Å². The van der Waals surface area contributed by atoms with Crippen molar-refractivity contribution in [2.45, 2.75) is 6.92 Å². The predicted molar refractivity (Wildman–Crippen MR) is 84.4 cm³/mol. The van der Waals surface area contributed by atoms with Gasteiger partial charge in [0.25, 0.3) is 0 Å². The van der Waals surface area contributed by atoms with Crippen molar-refractivity contribution in [3.05, 3.63) is 53.6 Å². The molecule has 0 amide bonds. The monoisotopic (exact) mass is 268 g/mol. The number of hydrazone groups is 1. The van der Waals surface area contributed by atoms with E-state index in [-0.39, 0.29) is 0 Å². The van der Waals surface area contributed by atoms with Crippen LogP contribution in [0.25, 0.3) is 11.1 Å². The molecule has 0 N–H and O–H groups in total. The van der Waals surface area contributed by atoms with Crippen LogP contribution in [0.5, 0.6) is 5.75 Å². The summed E-state index contributed by atoms with van der Waals surface area (Å²) in [5, 5.41) is 6.10. The van der Waals surface area contributed by atoms with Gasteiger partial charge in [0.2, 0.25) is 0 Å². The van der Waals surface area contributed by atoms with Gasteiger partial charge in [-0.15, -0.1) is 0 Å². The SMILES string of the molecule is COc1ccc(-c2ccc(C)cc2)c(/C=N/N(C)C)c1. The normalized spacial score (nSPS) is 10.8. The van der Waals surface area contributed by atoms with E-state index in [0.29, 0.717) is 0 Å². The van der Waals surface area contributed by atoms with E-state index in [2.05, 4.69) is 42.4 Å². The molecule has 0 unspecified atom stereocenters. The zero-order chi connectivity index (χ0) is 14.5. The van der Waals surface area contributed by atoms with E-state index in [4.69, 9.17) is 4.74 Å². The first-order valence-corrected chi connectivity index (χ1v) is 6.56. The Kier molecular flexibility index (Phi) is 4.41. The molecule has 0 fully saturated rings. The second-order valence-electron chi connectivity index (χ2n) is 4.91. The molecular weight excluding hydrogens is 248 g/mol. The van der Waals surface area contributed by atoms with Crippen molar-refractivity contribution in [2.24, 2.45) is 5.10 Å². The number of ether oxygens (including phenoxy) is 1. The summed E-state index contributed by atoms with van der Waals surface area (Å²) in [4.78, 5) is 0. The minimum Gasteiger partial charge on any atom is -0.497 e. The van der Waals surface area contributed by atoms with Crippen LogP contribution in [0.2, 0.25) is 0 Å². The number of aryl methyl sites for hydroxylation is 1. The third-order valence-corrected chi connectivity index (χ3v) is 3.05. The number of hydrogen-bond acceptors (Lipinski definition) is 3. The molecule has 0 bridgehead atoms. The lowest BCUT2D eigenvalue weighted by molar-refractivity contribution is 0.414. The molecule has 20 heavy (non-hydrogen) atoms. The van der Waals surface area contributed by atoms with Crippen molar-refractivity contribution < 1.29 is 4.74 Å². The second-order valence-corrected chi connectivity index (χ2v) is 4.91. The zero-order valence-corrected chi connectivity index (χ0v) is 12.4. The van der Waals surface area contributed by atoms with Crippen molar-refractivity contribution in [3.63, 3.8) is 0 Å². The molecule has 2 rings (SSSR count). The Morgan fingerprint density at radius 2 is 1.75 bits per heavy atom. The van der Waals surface area contributed by atoms with Crippen molar-refractivity contribution in [1.82, 2.24) is 5.01 Å². The second kappa shape index (κ2) is 6.24. The highest BCUT2D eigenvalue weighted by Gasteiger charge is 2.05. The average Bonchev–Trinajstić information content (AvgIpc) is 2.45. The Labute approximate surface area is 120 Å². The molecule has 0 saturated heterocycles. The lowest BCUT2D eigenvalue weighted by Crippen LogP contribution is -2.02. The summed E-state index contributed by atoms with van der Waals surface area (Å²) in [6, 6.07) is 14.5. The number of methoxy groups -OCH3 is 1. The summed E-state index contributed by atoms with van der Waals surface area (Å²) in [5.41, 5.74) is 4.63. The fourth-order valence-electron chi connectivity index (χ4n) is 1.95. The highest BCUT2D eigenvalue weighted by Crippen LogP contribution is 2.26. The maximum Gasteiger partial charge on any atom is 0.119 e. The molecule has 2 aromatic rings. The molecule has 0 aliphatic carbocycles. The number of hydrogen-bond donors (Lipinski definition) is 0. The van der Waals surface area contributed by atoms with Crippen LogP contribution in [0.4, 0.5) is 0 Å². The summed E-state index contributed by atoms with van der Waals surface area (Å²) in [7, 11) is 5.48. The first kappa shape index (κ1) is 14.1. The number of nitrogens with zero attached hydrogens (tertiary/aromatic N) is 2. The summed E-state index contributed by atoms with van der Waals surface area (Å²) in [6.45, 7) is 2.09. The molecule has 0 radical (unpaired) electrons.